The number of halogens is 4. The number of rotatable bonds is 1. The van der Waals surface area contributed by atoms with E-state index in [0.29, 0.717) is 0 Å². The van der Waals surface area contributed by atoms with Crippen LogP contribution >= 0.6 is 33.9 Å². The van der Waals surface area contributed by atoms with Gasteiger partial charge < -0.3 is 0 Å². The fourth-order valence-electron chi connectivity index (χ4n) is 0.762. The maximum Gasteiger partial charge on any atom is 0.265 e. The van der Waals surface area contributed by atoms with Crippen LogP contribution < -0.4 is 0 Å². The second-order valence-electron chi connectivity index (χ2n) is 2.14. The van der Waals surface area contributed by atoms with Gasteiger partial charge in [-0.3, -0.25) is 0 Å². The average molecular weight is 264 g/mol. The molecule has 1 rings (SSSR count). The fourth-order valence-corrected chi connectivity index (χ4v) is 2.71. The van der Waals surface area contributed by atoms with Crippen molar-refractivity contribution in [1.29, 1.82) is 0 Å². The van der Waals surface area contributed by atoms with Crippen molar-refractivity contribution in [1.82, 2.24) is 0 Å². The van der Waals surface area contributed by atoms with Gasteiger partial charge in [-0.1, -0.05) is 23.2 Å². The van der Waals surface area contributed by atoms with Gasteiger partial charge in [0.05, 0.1) is 5.02 Å². The van der Waals surface area contributed by atoms with Crippen LogP contribution in [0.1, 0.15) is 0 Å². The smallest absolute Gasteiger partial charge is 0.207 e. The van der Waals surface area contributed by atoms with Crippen LogP contribution in [0.4, 0.5) is 4.39 Å². The molecular formula is C6H2Cl3FO2S. The van der Waals surface area contributed by atoms with Gasteiger partial charge in [-0.25, -0.2) is 12.8 Å². The second-order valence-corrected chi connectivity index (χ2v) is 5.48. The molecule has 2 nitrogen and oxygen atoms in total. The molecule has 13 heavy (non-hydrogen) atoms. The standard InChI is InChI=1S/C6H2Cl3FO2S/c7-3-1-4(8)6(5(10)2-3)13(9,11)12/h1-2H. The van der Waals surface area contributed by atoms with E-state index in [1.165, 1.54) is 0 Å². The summed E-state index contributed by atoms with van der Waals surface area (Å²) in [6, 6.07) is 1.92. The number of hydrogen-bond acceptors (Lipinski definition) is 2. The third kappa shape index (κ3) is 2.47. The van der Waals surface area contributed by atoms with Gasteiger partial charge in [0.1, 0.15) is 10.7 Å². The van der Waals surface area contributed by atoms with Gasteiger partial charge in [0, 0.05) is 15.7 Å². The topological polar surface area (TPSA) is 34.1 Å². The fraction of sp³-hybridized carbons (Fsp3) is 0. The molecule has 0 heterocycles. The minimum atomic E-state index is -4.17. The summed E-state index contributed by atoms with van der Waals surface area (Å²) in [7, 11) is 0.752. The monoisotopic (exact) mass is 262 g/mol. The SMILES string of the molecule is O=S(=O)(Cl)c1c(F)cc(Cl)cc1Cl. The molecule has 0 amide bonds. The molecule has 0 aliphatic heterocycles. The summed E-state index contributed by atoms with van der Waals surface area (Å²) in [5.74, 6) is -1.06. The molecule has 0 fully saturated rings. The van der Waals surface area contributed by atoms with Gasteiger partial charge >= 0.3 is 0 Å². The van der Waals surface area contributed by atoms with Gasteiger partial charge in [0.25, 0.3) is 9.05 Å². The van der Waals surface area contributed by atoms with Crippen LogP contribution in [0.5, 0.6) is 0 Å². The van der Waals surface area contributed by atoms with E-state index in [-0.39, 0.29) is 10.0 Å². The molecule has 7 heteroatoms. The highest BCUT2D eigenvalue weighted by atomic mass is 35.7. The molecular weight excluding hydrogens is 261 g/mol. The predicted octanol–water partition coefficient (Wildman–Crippen LogP) is 3.06. The Balaban J connectivity index is 3.57. The van der Waals surface area contributed by atoms with Crippen molar-refractivity contribution in [3.05, 3.63) is 28.0 Å². The van der Waals surface area contributed by atoms with Crippen molar-refractivity contribution in [3.63, 3.8) is 0 Å². The Morgan fingerprint density at radius 3 is 2.15 bits per heavy atom. The Hall–Kier alpha value is -0.0300. The molecule has 0 bridgehead atoms. The largest absolute Gasteiger partial charge is 0.265 e. The maximum atomic E-state index is 13.0. The first-order valence-electron chi connectivity index (χ1n) is 2.91. The average Bonchev–Trinajstić information content (AvgIpc) is 1.78. The lowest BCUT2D eigenvalue weighted by Crippen LogP contribution is -1.96. The van der Waals surface area contributed by atoms with E-state index >= 15 is 0 Å². The minimum Gasteiger partial charge on any atom is -0.207 e. The van der Waals surface area contributed by atoms with E-state index in [1.807, 2.05) is 0 Å². The summed E-state index contributed by atoms with van der Waals surface area (Å²) in [6.45, 7) is 0. The minimum absolute atomic E-state index is 0.00608. The number of hydrogen-bond donors (Lipinski definition) is 0. The first-order valence-corrected chi connectivity index (χ1v) is 5.98. The zero-order valence-corrected chi connectivity index (χ0v) is 8.98. The van der Waals surface area contributed by atoms with Crippen molar-refractivity contribution >= 4 is 42.9 Å². The highest BCUT2D eigenvalue weighted by Crippen LogP contribution is 2.30. The zero-order chi connectivity index (χ0) is 10.2. The van der Waals surface area contributed by atoms with Crippen LogP contribution in [-0.4, -0.2) is 8.42 Å². The van der Waals surface area contributed by atoms with Crippen molar-refractivity contribution < 1.29 is 12.8 Å². The highest BCUT2D eigenvalue weighted by molar-refractivity contribution is 8.13. The van der Waals surface area contributed by atoms with Gasteiger partial charge in [-0.05, 0) is 12.1 Å². The Morgan fingerprint density at radius 1 is 1.23 bits per heavy atom. The predicted molar refractivity (Wildman–Crippen MR) is 49.5 cm³/mol. The molecule has 0 aromatic heterocycles. The molecule has 1 aromatic rings. The van der Waals surface area contributed by atoms with E-state index in [0.717, 1.165) is 12.1 Å². The van der Waals surface area contributed by atoms with Crippen molar-refractivity contribution in [2.45, 2.75) is 4.90 Å². The van der Waals surface area contributed by atoms with E-state index in [4.69, 9.17) is 33.9 Å². The van der Waals surface area contributed by atoms with Gasteiger partial charge in [-0.2, -0.15) is 0 Å². The van der Waals surface area contributed by atoms with Gasteiger partial charge in [-0.15, -0.1) is 0 Å². The van der Waals surface area contributed by atoms with Gasteiger partial charge in [0.15, 0.2) is 0 Å². The molecule has 72 valence electrons. The quantitative estimate of drug-likeness (QED) is 0.730. The summed E-state index contributed by atoms with van der Waals surface area (Å²) >= 11 is 10.8. The van der Waals surface area contributed by atoms with Crippen molar-refractivity contribution in [2.24, 2.45) is 0 Å². The van der Waals surface area contributed by atoms with Crippen LogP contribution in [0.15, 0.2) is 17.0 Å². The van der Waals surface area contributed by atoms with E-state index in [9.17, 15) is 12.8 Å². The molecule has 0 saturated heterocycles. The Labute approximate surface area is 88.6 Å². The van der Waals surface area contributed by atoms with Gasteiger partial charge in [0.2, 0.25) is 0 Å². The first-order chi connectivity index (χ1) is 5.82. The lowest BCUT2D eigenvalue weighted by Gasteiger charge is -2.01. The molecule has 0 radical (unpaired) electrons. The summed E-state index contributed by atoms with van der Waals surface area (Å²) in [6.07, 6.45) is 0. The second kappa shape index (κ2) is 3.61. The summed E-state index contributed by atoms with van der Waals surface area (Å²) < 4.78 is 34.5. The van der Waals surface area contributed by atoms with Crippen LogP contribution in [0, 0.1) is 5.82 Å². The van der Waals surface area contributed by atoms with Crippen LogP contribution in [0.25, 0.3) is 0 Å². The van der Waals surface area contributed by atoms with Crippen molar-refractivity contribution in [3.8, 4) is 0 Å². The van der Waals surface area contributed by atoms with Crippen LogP contribution in [0.3, 0.4) is 0 Å². The Kier molecular flexibility index (Phi) is 3.07. The normalized spacial score (nSPS) is 11.7. The number of benzene rings is 1. The van der Waals surface area contributed by atoms with Crippen LogP contribution in [-0.2, 0) is 9.05 Å². The first kappa shape index (κ1) is 11.0. The molecule has 0 unspecified atom stereocenters. The Bertz CT molecular complexity index is 420. The molecule has 0 atom stereocenters. The maximum absolute atomic E-state index is 13.0. The summed E-state index contributed by atoms with van der Waals surface area (Å²) in [5.41, 5.74) is 0. The lowest BCUT2D eigenvalue weighted by molar-refractivity contribution is 0.576. The Morgan fingerprint density at radius 2 is 1.77 bits per heavy atom. The highest BCUT2D eigenvalue weighted by Gasteiger charge is 2.20. The molecule has 0 saturated carbocycles. The van der Waals surface area contributed by atoms with E-state index in [2.05, 4.69) is 0 Å². The third-order valence-corrected chi connectivity index (χ3v) is 3.20. The molecule has 0 aliphatic carbocycles. The zero-order valence-electron chi connectivity index (χ0n) is 5.89. The van der Waals surface area contributed by atoms with Crippen molar-refractivity contribution in [2.75, 3.05) is 0 Å². The summed E-state index contributed by atoms with van der Waals surface area (Å²) in [5, 5.41) is -0.327. The summed E-state index contributed by atoms with van der Waals surface area (Å²) in [4.78, 5) is -0.750. The van der Waals surface area contributed by atoms with E-state index < -0.39 is 19.8 Å². The molecule has 0 spiro atoms. The lowest BCUT2D eigenvalue weighted by atomic mass is 10.3. The molecule has 0 aliphatic rings. The third-order valence-electron chi connectivity index (χ3n) is 1.21. The van der Waals surface area contributed by atoms with Crippen LogP contribution in [0.2, 0.25) is 10.0 Å². The van der Waals surface area contributed by atoms with E-state index in [1.54, 1.807) is 0 Å². The molecule has 0 N–H and O–H groups in total. The molecule has 1 aromatic carbocycles.